The van der Waals surface area contributed by atoms with Crippen LogP contribution in [0.15, 0.2) is 5.11 Å². The Balaban J connectivity index is 4.26. The van der Waals surface area contributed by atoms with Gasteiger partial charge in [0, 0.05) is 18.0 Å². The van der Waals surface area contributed by atoms with Crippen molar-refractivity contribution in [2.45, 2.75) is 13.0 Å². The van der Waals surface area contributed by atoms with Gasteiger partial charge >= 0.3 is 10.3 Å². The topological polar surface area (TPSA) is 127 Å². The molecule has 0 amide bonds. The van der Waals surface area contributed by atoms with Gasteiger partial charge in [-0.1, -0.05) is 12.0 Å². The van der Waals surface area contributed by atoms with E-state index in [0.29, 0.717) is 4.31 Å². The third-order valence-electron chi connectivity index (χ3n) is 1.45. The zero-order valence-corrected chi connectivity index (χ0v) is 8.42. The van der Waals surface area contributed by atoms with E-state index in [0.717, 1.165) is 0 Å². The molecule has 0 radical (unpaired) electrons. The fraction of sp³-hybridized carbons (Fsp3) is 1.00. The summed E-state index contributed by atoms with van der Waals surface area (Å²) in [4.78, 5) is 2.41. The molecule has 82 valence electrons. The number of hydrogen-bond acceptors (Lipinski definition) is 4. The summed E-state index contributed by atoms with van der Waals surface area (Å²) >= 11 is 0. The van der Waals surface area contributed by atoms with Gasteiger partial charge in [0.15, 0.2) is 0 Å². The normalized spacial score (nSPS) is 13.7. The Kier molecular flexibility index (Phi) is 5.43. The van der Waals surface area contributed by atoms with Crippen molar-refractivity contribution in [2.24, 2.45) is 5.11 Å². The molecule has 0 saturated carbocycles. The fourth-order valence-electron chi connectivity index (χ4n) is 0.810. The van der Waals surface area contributed by atoms with Crippen LogP contribution in [0.1, 0.15) is 6.92 Å². The van der Waals surface area contributed by atoms with Crippen molar-refractivity contribution in [2.75, 3.05) is 19.6 Å². The molecule has 0 spiro atoms. The van der Waals surface area contributed by atoms with E-state index in [9.17, 15) is 8.42 Å². The molecule has 0 heterocycles. The van der Waals surface area contributed by atoms with Crippen LogP contribution >= 0.6 is 0 Å². The van der Waals surface area contributed by atoms with Crippen molar-refractivity contribution >= 4 is 10.3 Å². The SMILES string of the molecule is CCN(CC(O)CN=[N+]=[N-])S(=O)(=O)O. The van der Waals surface area contributed by atoms with Crippen molar-refractivity contribution in [1.29, 1.82) is 0 Å². The van der Waals surface area contributed by atoms with Crippen LogP contribution < -0.4 is 0 Å². The lowest BCUT2D eigenvalue weighted by Crippen LogP contribution is -2.37. The van der Waals surface area contributed by atoms with E-state index < -0.39 is 16.4 Å². The van der Waals surface area contributed by atoms with Crippen molar-refractivity contribution in [1.82, 2.24) is 4.31 Å². The van der Waals surface area contributed by atoms with Crippen LogP contribution in [-0.4, -0.2) is 48.1 Å². The van der Waals surface area contributed by atoms with Crippen LogP contribution in [0.5, 0.6) is 0 Å². The molecule has 9 heteroatoms. The second kappa shape index (κ2) is 5.78. The average molecular weight is 224 g/mol. The number of hydrogen-bond donors (Lipinski definition) is 2. The van der Waals surface area contributed by atoms with Crippen LogP contribution in [-0.2, 0) is 10.3 Å². The van der Waals surface area contributed by atoms with Crippen molar-refractivity contribution in [3.05, 3.63) is 10.4 Å². The van der Waals surface area contributed by atoms with E-state index in [1.165, 1.54) is 6.92 Å². The van der Waals surface area contributed by atoms with Crippen LogP contribution in [0.25, 0.3) is 10.4 Å². The summed E-state index contributed by atoms with van der Waals surface area (Å²) in [5.41, 5.74) is 7.93. The van der Waals surface area contributed by atoms with Gasteiger partial charge in [-0.05, 0) is 5.53 Å². The van der Waals surface area contributed by atoms with Gasteiger partial charge < -0.3 is 5.11 Å². The fourth-order valence-corrected chi connectivity index (χ4v) is 1.50. The van der Waals surface area contributed by atoms with Crippen LogP contribution in [0.3, 0.4) is 0 Å². The largest absolute Gasteiger partial charge is 0.392 e. The summed E-state index contributed by atoms with van der Waals surface area (Å²) in [7, 11) is -4.30. The van der Waals surface area contributed by atoms with Gasteiger partial charge in [0.1, 0.15) is 0 Å². The first kappa shape index (κ1) is 13.1. The third-order valence-corrected chi connectivity index (χ3v) is 2.51. The molecule has 14 heavy (non-hydrogen) atoms. The number of aliphatic hydroxyl groups is 1. The molecule has 0 saturated heterocycles. The standard InChI is InChI=1S/C5H12N4O4S/c1-2-9(14(11,12)13)4-5(10)3-7-8-6/h5,10H,2-4H2,1H3,(H,11,12,13). The molecule has 1 atom stereocenters. The molecular formula is C5H12N4O4S. The summed E-state index contributed by atoms with van der Waals surface area (Å²) in [6, 6.07) is 0. The molecule has 8 nitrogen and oxygen atoms in total. The van der Waals surface area contributed by atoms with Crippen molar-refractivity contribution in [3.8, 4) is 0 Å². The van der Waals surface area contributed by atoms with Crippen molar-refractivity contribution < 1.29 is 18.1 Å². The molecule has 2 N–H and O–H groups in total. The Morgan fingerprint density at radius 2 is 2.21 bits per heavy atom. The van der Waals surface area contributed by atoms with E-state index >= 15 is 0 Å². The van der Waals surface area contributed by atoms with Crippen LogP contribution in [0, 0.1) is 0 Å². The van der Waals surface area contributed by atoms with Gasteiger partial charge in [0.05, 0.1) is 12.6 Å². The Labute approximate surface area is 81.7 Å². The zero-order chi connectivity index (χ0) is 11.2. The highest BCUT2D eigenvalue weighted by Gasteiger charge is 2.19. The summed E-state index contributed by atoms with van der Waals surface area (Å²) < 4.78 is 30.6. The van der Waals surface area contributed by atoms with Gasteiger partial charge in [-0.2, -0.15) is 12.7 Å². The van der Waals surface area contributed by atoms with Gasteiger partial charge in [-0.3, -0.25) is 4.55 Å². The molecule has 0 aromatic carbocycles. The molecule has 0 bridgehead atoms. The second-order valence-electron chi connectivity index (χ2n) is 2.50. The number of likely N-dealkylation sites (N-methyl/N-ethyl adjacent to an activating group) is 1. The first-order valence-corrected chi connectivity index (χ1v) is 5.23. The summed E-state index contributed by atoms with van der Waals surface area (Å²) in [5.74, 6) is 0. The minimum atomic E-state index is -4.30. The van der Waals surface area contributed by atoms with Gasteiger partial charge in [-0.15, -0.1) is 0 Å². The highest BCUT2D eigenvalue weighted by atomic mass is 32.2. The maximum atomic E-state index is 10.6. The summed E-state index contributed by atoms with van der Waals surface area (Å²) in [6.07, 6.45) is -1.12. The number of rotatable bonds is 6. The van der Waals surface area contributed by atoms with Crippen molar-refractivity contribution in [3.63, 3.8) is 0 Å². The van der Waals surface area contributed by atoms with E-state index in [-0.39, 0.29) is 19.6 Å². The van der Waals surface area contributed by atoms with E-state index in [2.05, 4.69) is 10.0 Å². The Bertz CT molecular complexity index is 310. The molecule has 0 aliphatic rings. The number of azide groups is 1. The zero-order valence-electron chi connectivity index (χ0n) is 7.61. The third kappa shape index (κ3) is 5.00. The molecule has 0 aromatic rings. The van der Waals surface area contributed by atoms with E-state index in [4.69, 9.17) is 15.2 Å². The summed E-state index contributed by atoms with van der Waals surface area (Å²) in [6.45, 7) is 1.01. The maximum absolute atomic E-state index is 10.6. The lowest BCUT2D eigenvalue weighted by atomic mass is 10.3. The second-order valence-corrected chi connectivity index (χ2v) is 3.91. The predicted molar refractivity (Wildman–Crippen MR) is 48.8 cm³/mol. The molecule has 1 unspecified atom stereocenters. The smallest absolute Gasteiger partial charge is 0.335 e. The first-order valence-electron chi connectivity index (χ1n) is 3.83. The van der Waals surface area contributed by atoms with Crippen LogP contribution in [0.2, 0.25) is 0 Å². The van der Waals surface area contributed by atoms with Crippen LogP contribution in [0.4, 0.5) is 0 Å². The minimum absolute atomic E-state index is 0.0339. The molecule has 0 fully saturated rings. The highest BCUT2D eigenvalue weighted by molar-refractivity contribution is 7.83. The Morgan fingerprint density at radius 3 is 2.57 bits per heavy atom. The van der Waals surface area contributed by atoms with E-state index in [1.54, 1.807) is 0 Å². The highest BCUT2D eigenvalue weighted by Crippen LogP contribution is 1.99. The molecular weight excluding hydrogens is 212 g/mol. The molecule has 0 aliphatic carbocycles. The lowest BCUT2D eigenvalue weighted by Gasteiger charge is -2.18. The van der Waals surface area contributed by atoms with Gasteiger partial charge in [-0.25, -0.2) is 0 Å². The Morgan fingerprint density at radius 1 is 1.64 bits per heavy atom. The number of nitrogens with zero attached hydrogens (tertiary/aromatic N) is 4. The predicted octanol–water partition coefficient (Wildman–Crippen LogP) is -0.218. The van der Waals surface area contributed by atoms with Gasteiger partial charge in [0.2, 0.25) is 0 Å². The van der Waals surface area contributed by atoms with Gasteiger partial charge in [0.25, 0.3) is 0 Å². The van der Waals surface area contributed by atoms with E-state index in [1.807, 2.05) is 0 Å². The maximum Gasteiger partial charge on any atom is 0.335 e. The molecule has 0 aliphatic heterocycles. The molecule has 0 aromatic heterocycles. The average Bonchev–Trinajstić information content (AvgIpc) is 2.08. The Hall–Kier alpha value is -0.860. The first-order chi connectivity index (χ1) is 6.41. The lowest BCUT2D eigenvalue weighted by molar-refractivity contribution is 0.150. The monoisotopic (exact) mass is 224 g/mol. The quantitative estimate of drug-likeness (QED) is 0.280. The molecule has 0 rings (SSSR count). The number of aliphatic hydroxyl groups excluding tert-OH is 1. The summed E-state index contributed by atoms with van der Waals surface area (Å²) in [5, 5.41) is 12.2. The minimum Gasteiger partial charge on any atom is -0.392 e.